The summed E-state index contributed by atoms with van der Waals surface area (Å²) in [5, 5.41) is 7.33. The van der Waals surface area contributed by atoms with Crippen LogP contribution in [0, 0.1) is 17.0 Å². The standard InChI is InChI=1S/C14H13F2N3O2S/c15-10-1-5-12(6-2-10)19(9-14(17)18)22(20,21)13-7-3-11(16)4-8-13/h1-8H,9H2,(H3,17,18). The van der Waals surface area contributed by atoms with E-state index < -0.39 is 28.2 Å². The summed E-state index contributed by atoms with van der Waals surface area (Å²) < 4.78 is 52.1. The number of benzene rings is 2. The highest BCUT2D eigenvalue weighted by Gasteiger charge is 2.25. The lowest BCUT2D eigenvalue weighted by molar-refractivity contribution is 0.591. The molecule has 8 heteroatoms. The number of rotatable bonds is 5. The Kier molecular flexibility index (Phi) is 4.41. The molecule has 0 heterocycles. The van der Waals surface area contributed by atoms with Crippen LogP contribution in [0.15, 0.2) is 53.4 Å². The van der Waals surface area contributed by atoms with E-state index >= 15 is 0 Å². The zero-order valence-corrected chi connectivity index (χ0v) is 12.1. The van der Waals surface area contributed by atoms with Crippen LogP contribution in [0.4, 0.5) is 14.5 Å². The van der Waals surface area contributed by atoms with Crippen LogP contribution < -0.4 is 10.0 Å². The van der Waals surface area contributed by atoms with Crippen LogP contribution in [0.25, 0.3) is 0 Å². The Bertz CT molecular complexity index is 775. The second-order valence-electron chi connectivity index (χ2n) is 4.47. The molecular formula is C14H13F2N3O2S. The largest absolute Gasteiger partial charge is 0.386 e. The topological polar surface area (TPSA) is 87.2 Å². The number of nitrogens with zero attached hydrogens (tertiary/aromatic N) is 1. The monoisotopic (exact) mass is 325 g/mol. The molecule has 116 valence electrons. The van der Waals surface area contributed by atoms with E-state index in [4.69, 9.17) is 11.1 Å². The van der Waals surface area contributed by atoms with Crippen molar-refractivity contribution in [2.24, 2.45) is 5.73 Å². The number of anilines is 1. The Morgan fingerprint density at radius 2 is 1.45 bits per heavy atom. The number of amidine groups is 1. The van der Waals surface area contributed by atoms with Crippen molar-refractivity contribution in [3.05, 3.63) is 60.2 Å². The highest BCUT2D eigenvalue weighted by Crippen LogP contribution is 2.23. The molecule has 3 N–H and O–H groups in total. The molecule has 0 amide bonds. The van der Waals surface area contributed by atoms with E-state index in [1.165, 1.54) is 12.1 Å². The molecule has 0 radical (unpaired) electrons. The summed E-state index contributed by atoms with van der Waals surface area (Å²) in [5.74, 6) is -1.47. The summed E-state index contributed by atoms with van der Waals surface area (Å²) in [6, 6.07) is 8.99. The second-order valence-corrected chi connectivity index (χ2v) is 6.33. The minimum Gasteiger partial charge on any atom is -0.386 e. The molecule has 0 unspecified atom stereocenters. The third kappa shape index (κ3) is 3.40. The Labute approximate surface area is 126 Å². The van der Waals surface area contributed by atoms with Crippen molar-refractivity contribution in [3.63, 3.8) is 0 Å². The average molecular weight is 325 g/mol. The minimum absolute atomic E-state index is 0.153. The minimum atomic E-state index is -4.06. The molecule has 22 heavy (non-hydrogen) atoms. The van der Waals surface area contributed by atoms with Crippen LogP contribution in [0.3, 0.4) is 0 Å². The van der Waals surface area contributed by atoms with Crippen molar-refractivity contribution in [1.82, 2.24) is 0 Å². The van der Waals surface area contributed by atoms with Crippen molar-refractivity contribution < 1.29 is 17.2 Å². The quantitative estimate of drug-likeness (QED) is 0.652. The maximum Gasteiger partial charge on any atom is 0.264 e. The molecule has 0 spiro atoms. The molecule has 0 bridgehead atoms. The number of sulfonamides is 1. The van der Waals surface area contributed by atoms with Gasteiger partial charge >= 0.3 is 0 Å². The third-order valence-electron chi connectivity index (χ3n) is 2.83. The summed E-state index contributed by atoms with van der Waals surface area (Å²) in [4.78, 5) is -0.153. The van der Waals surface area contributed by atoms with E-state index in [9.17, 15) is 17.2 Å². The molecule has 0 fully saturated rings. The lowest BCUT2D eigenvalue weighted by atomic mass is 10.3. The van der Waals surface area contributed by atoms with E-state index in [1.54, 1.807) is 0 Å². The van der Waals surface area contributed by atoms with E-state index in [-0.39, 0.29) is 16.4 Å². The van der Waals surface area contributed by atoms with E-state index in [2.05, 4.69) is 0 Å². The molecule has 5 nitrogen and oxygen atoms in total. The lowest BCUT2D eigenvalue weighted by Gasteiger charge is -2.24. The highest BCUT2D eigenvalue weighted by atomic mass is 32.2. The number of halogens is 2. The smallest absolute Gasteiger partial charge is 0.264 e. The van der Waals surface area contributed by atoms with Crippen molar-refractivity contribution in [3.8, 4) is 0 Å². The number of nitrogens with two attached hydrogens (primary N) is 1. The fraction of sp³-hybridized carbons (Fsp3) is 0.0714. The zero-order chi connectivity index (χ0) is 16.3. The summed E-state index contributed by atoms with van der Waals surface area (Å²) in [5.41, 5.74) is 5.46. The summed E-state index contributed by atoms with van der Waals surface area (Å²) in [6.45, 7) is -0.397. The summed E-state index contributed by atoms with van der Waals surface area (Å²) >= 11 is 0. The van der Waals surface area contributed by atoms with Gasteiger partial charge in [0.05, 0.1) is 17.1 Å². The molecule has 0 saturated heterocycles. The van der Waals surface area contributed by atoms with Gasteiger partial charge < -0.3 is 5.73 Å². The SMILES string of the molecule is N=C(N)CN(c1ccc(F)cc1)S(=O)(=O)c1ccc(F)cc1. The molecule has 0 aromatic heterocycles. The molecule has 2 aromatic carbocycles. The average Bonchev–Trinajstić information content (AvgIpc) is 2.46. The van der Waals surface area contributed by atoms with Gasteiger partial charge in [-0.3, -0.25) is 9.71 Å². The van der Waals surface area contributed by atoms with E-state index in [0.29, 0.717) is 0 Å². The predicted octanol–water partition coefficient (Wildman–Crippen LogP) is 2.10. The Balaban J connectivity index is 2.50. The predicted molar refractivity (Wildman–Crippen MR) is 79.2 cm³/mol. The van der Waals surface area contributed by atoms with Crippen LogP contribution in [-0.4, -0.2) is 20.8 Å². The zero-order valence-electron chi connectivity index (χ0n) is 11.3. The van der Waals surface area contributed by atoms with Crippen molar-refractivity contribution in [2.45, 2.75) is 4.90 Å². The van der Waals surface area contributed by atoms with Gasteiger partial charge in [-0.05, 0) is 48.5 Å². The molecule has 0 aliphatic heterocycles. The van der Waals surface area contributed by atoms with Gasteiger partial charge in [-0.1, -0.05) is 0 Å². The first-order valence-corrected chi connectivity index (χ1v) is 7.61. The number of hydrogen-bond acceptors (Lipinski definition) is 3. The van der Waals surface area contributed by atoms with Gasteiger partial charge in [0.1, 0.15) is 17.5 Å². The van der Waals surface area contributed by atoms with Crippen molar-refractivity contribution in [2.75, 3.05) is 10.8 Å². The van der Waals surface area contributed by atoms with E-state index in [0.717, 1.165) is 40.7 Å². The number of hydrogen-bond donors (Lipinski definition) is 2. The van der Waals surface area contributed by atoms with Gasteiger partial charge in [-0.15, -0.1) is 0 Å². The molecular weight excluding hydrogens is 312 g/mol. The van der Waals surface area contributed by atoms with E-state index in [1.807, 2.05) is 0 Å². The molecule has 0 aliphatic carbocycles. The summed E-state index contributed by atoms with van der Waals surface area (Å²) in [6.07, 6.45) is 0. The third-order valence-corrected chi connectivity index (χ3v) is 4.62. The van der Waals surface area contributed by atoms with Crippen LogP contribution in [-0.2, 0) is 10.0 Å². The molecule has 2 rings (SSSR count). The lowest BCUT2D eigenvalue weighted by Crippen LogP contribution is -2.38. The maximum atomic E-state index is 13.0. The van der Waals surface area contributed by atoms with Crippen molar-refractivity contribution in [1.29, 1.82) is 5.41 Å². The Morgan fingerprint density at radius 1 is 1.00 bits per heavy atom. The number of nitrogens with one attached hydrogen (secondary N) is 1. The van der Waals surface area contributed by atoms with Crippen LogP contribution >= 0.6 is 0 Å². The fourth-order valence-corrected chi connectivity index (χ4v) is 3.25. The molecule has 2 aromatic rings. The van der Waals surface area contributed by atoms with Crippen LogP contribution in [0.2, 0.25) is 0 Å². The maximum absolute atomic E-state index is 13.0. The first kappa shape index (κ1) is 15.9. The molecule has 0 atom stereocenters. The Hall–Kier alpha value is -2.48. The fourth-order valence-electron chi connectivity index (χ4n) is 1.81. The second kappa shape index (κ2) is 6.10. The van der Waals surface area contributed by atoms with Crippen molar-refractivity contribution >= 4 is 21.5 Å². The van der Waals surface area contributed by atoms with Gasteiger partial charge in [0.15, 0.2) is 0 Å². The van der Waals surface area contributed by atoms with Gasteiger partial charge in [-0.2, -0.15) is 0 Å². The van der Waals surface area contributed by atoms with Gasteiger partial charge in [-0.25, -0.2) is 17.2 Å². The van der Waals surface area contributed by atoms with Crippen LogP contribution in [0.1, 0.15) is 0 Å². The van der Waals surface area contributed by atoms with Gasteiger partial charge in [0.2, 0.25) is 0 Å². The van der Waals surface area contributed by atoms with Gasteiger partial charge in [0, 0.05) is 0 Å². The van der Waals surface area contributed by atoms with Crippen LogP contribution in [0.5, 0.6) is 0 Å². The first-order chi connectivity index (χ1) is 10.3. The summed E-state index contributed by atoms with van der Waals surface area (Å²) in [7, 11) is -4.06. The normalized spacial score (nSPS) is 11.2. The first-order valence-electron chi connectivity index (χ1n) is 6.17. The van der Waals surface area contributed by atoms with Gasteiger partial charge in [0.25, 0.3) is 10.0 Å². The Morgan fingerprint density at radius 3 is 1.91 bits per heavy atom. The highest BCUT2D eigenvalue weighted by molar-refractivity contribution is 7.92. The molecule has 0 saturated carbocycles. The molecule has 0 aliphatic rings.